The molecule has 1 heterocycles. The number of aromatic nitrogens is 1. The van der Waals surface area contributed by atoms with Gasteiger partial charge >= 0.3 is 0 Å². The Morgan fingerprint density at radius 3 is 2.04 bits per heavy atom. The molecule has 0 radical (unpaired) electrons. The van der Waals surface area contributed by atoms with Gasteiger partial charge in [0.25, 0.3) is 0 Å². The zero-order valence-corrected chi connectivity index (χ0v) is 18.0. The van der Waals surface area contributed by atoms with Gasteiger partial charge in [-0.3, -0.25) is 4.98 Å². The molecule has 2 aromatic rings. The van der Waals surface area contributed by atoms with Crippen LogP contribution in [0.25, 0.3) is 0 Å². The number of hydrogen-bond donors (Lipinski definition) is 1. The highest BCUT2D eigenvalue weighted by Crippen LogP contribution is 2.55. The molecule has 0 atom stereocenters. The Morgan fingerprint density at radius 2 is 1.39 bits per heavy atom. The number of pyridine rings is 1. The van der Waals surface area contributed by atoms with E-state index in [1.54, 1.807) is 10.9 Å². The Morgan fingerprint density at radius 1 is 0.750 bits per heavy atom. The maximum atomic E-state index is 4.46. The average molecular weight is 395 g/mol. The van der Waals surface area contributed by atoms with Gasteiger partial charge in [0.1, 0.15) is 0 Å². The summed E-state index contributed by atoms with van der Waals surface area (Å²) in [6, 6.07) is 15.5. The van der Waals surface area contributed by atoms with Crippen molar-refractivity contribution in [1.29, 1.82) is 0 Å². The van der Waals surface area contributed by atoms with Gasteiger partial charge < -0.3 is 5.32 Å². The van der Waals surface area contributed by atoms with Crippen LogP contribution in [0.3, 0.4) is 0 Å². The molecule has 0 saturated heterocycles. The predicted molar refractivity (Wildman–Crippen MR) is 122 cm³/mol. The molecule has 2 nitrogen and oxygen atoms in total. The SMILES string of the molecule is c1ccc(CNCc2ccccc2P(C2CCCCC2)C2CCCCC2)nc1. The topological polar surface area (TPSA) is 24.9 Å². The van der Waals surface area contributed by atoms with Gasteiger partial charge in [-0.2, -0.15) is 0 Å². The fourth-order valence-electron chi connectivity index (χ4n) is 5.15. The van der Waals surface area contributed by atoms with E-state index in [1.165, 1.54) is 64.2 Å². The van der Waals surface area contributed by atoms with E-state index in [0.29, 0.717) is 0 Å². The van der Waals surface area contributed by atoms with Crippen LogP contribution in [0.5, 0.6) is 0 Å². The van der Waals surface area contributed by atoms with E-state index in [-0.39, 0.29) is 7.92 Å². The van der Waals surface area contributed by atoms with E-state index in [1.807, 2.05) is 12.3 Å². The van der Waals surface area contributed by atoms with Crippen molar-refractivity contribution in [3.63, 3.8) is 0 Å². The van der Waals surface area contributed by atoms with Crippen LogP contribution in [0.15, 0.2) is 48.7 Å². The summed E-state index contributed by atoms with van der Waals surface area (Å²) in [4.78, 5) is 4.46. The van der Waals surface area contributed by atoms with Gasteiger partial charge in [-0.1, -0.05) is 76.8 Å². The van der Waals surface area contributed by atoms with Gasteiger partial charge in [0.15, 0.2) is 0 Å². The molecule has 1 aromatic carbocycles. The van der Waals surface area contributed by atoms with Crippen LogP contribution >= 0.6 is 7.92 Å². The van der Waals surface area contributed by atoms with Crippen molar-refractivity contribution in [2.45, 2.75) is 88.6 Å². The highest BCUT2D eigenvalue weighted by molar-refractivity contribution is 7.67. The van der Waals surface area contributed by atoms with E-state index >= 15 is 0 Å². The largest absolute Gasteiger partial charge is 0.307 e. The average Bonchev–Trinajstić information content (AvgIpc) is 2.77. The predicted octanol–water partition coefficient (Wildman–Crippen LogP) is 6.14. The number of nitrogens with zero attached hydrogens (tertiary/aromatic N) is 1. The first-order valence-corrected chi connectivity index (χ1v) is 12.9. The van der Waals surface area contributed by atoms with E-state index < -0.39 is 0 Å². The second-order valence-corrected chi connectivity index (χ2v) is 11.3. The molecule has 1 N–H and O–H groups in total. The lowest BCUT2D eigenvalue weighted by Crippen LogP contribution is -2.29. The lowest BCUT2D eigenvalue weighted by molar-refractivity contribution is 0.487. The molecule has 2 aliphatic rings. The number of nitrogens with one attached hydrogen (secondary N) is 1. The Labute approximate surface area is 172 Å². The van der Waals surface area contributed by atoms with Gasteiger partial charge in [-0.05, 0) is 60.0 Å². The number of benzene rings is 1. The molecular formula is C25H35N2P. The molecule has 28 heavy (non-hydrogen) atoms. The normalized spacial score (nSPS) is 19.2. The molecule has 2 fully saturated rings. The summed E-state index contributed by atoms with van der Waals surface area (Å²) in [6.07, 6.45) is 16.5. The monoisotopic (exact) mass is 394 g/mol. The second-order valence-electron chi connectivity index (χ2n) is 8.54. The van der Waals surface area contributed by atoms with Crippen LogP contribution in [0, 0.1) is 0 Å². The van der Waals surface area contributed by atoms with Gasteiger partial charge in [-0.25, -0.2) is 0 Å². The zero-order valence-electron chi connectivity index (χ0n) is 17.2. The van der Waals surface area contributed by atoms with Gasteiger partial charge in [0.05, 0.1) is 5.69 Å². The van der Waals surface area contributed by atoms with Crippen molar-refractivity contribution in [2.75, 3.05) is 0 Å². The molecule has 2 saturated carbocycles. The molecule has 2 aliphatic carbocycles. The molecule has 4 rings (SSSR count). The van der Waals surface area contributed by atoms with Crippen LogP contribution in [-0.4, -0.2) is 16.3 Å². The summed E-state index contributed by atoms with van der Waals surface area (Å²) in [5, 5.41) is 5.38. The third-order valence-corrected chi connectivity index (χ3v) is 10.2. The molecule has 0 bridgehead atoms. The Hall–Kier alpha value is -1.24. The molecule has 0 unspecified atom stereocenters. The van der Waals surface area contributed by atoms with Crippen molar-refractivity contribution in [2.24, 2.45) is 0 Å². The van der Waals surface area contributed by atoms with Crippen LogP contribution in [-0.2, 0) is 13.1 Å². The highest BCUT2D eigenvalue weighted by Gasteiger charge is 2.33. The summed E-state index contributed by atoms with van der Waals surface area (Å²) in [5.41, 5.74) is 4.59. The summed E-state index contributed by atoms with van der Waals surface area (Å²) < 4.78 is 0. The van der Waals surface area contributed by atoms with Gasteiger partial charge in [-0.15, -0.1) is 0 Å². The van der Waals surface area contributed by atoms with Crippen molar-refractivity contribution in [1.82, 2.24) is 10.3 Å². The first kappa shape index (κ1) is 20.0. The summed E-state index contributed by atoms with van der Waals surface area (Å²) in [7, 11) is -0.0393. The molecule has 150 valence electrons. The first-order chi connectivity index (χ1) is 13.9. The van der Waals surface area contributed by atoms with E-state index in [0.717, 1.165) is 30.1 Å². The van der Waals surface area contributed by atoms with Crippen LogP contribution < -0.4 is 10.6 Å². The molecule has 1 aromatic heterocycles. The maximum Gasteiger partial charge on any atom is 0.0541 e. The first-order valence-electron chi connectivity index (χ1n) is 11.4. The fourth-order valence-corrected chi connectivity index (χ4v) is 9.12. The van der Waals surface area contributed by atoms with Crippen LogP contribution in [0.2, 0.25) is 0 Å². The minimum absolute atomic E-state index is 0.0393. The summed E-state index contributed by atoms with van der Waals surface area (Å²) >= 11 is 0. The molecule has 0 spiro atoms. The lowest BCUT2D eigenvalue weighted by atomic mass is 9.99. The van der Waals surface area contributed by atoms with Gasteiger partial charge in [0, 0.05) is 19.3 Å². The van der Waals surface area contributed by atoms with E-state index in [2.05, 4.69) is 46.7 Å². The standard InChI is InChI=1S/C25H35N2P/c1-3-13-23(14-4-1)28(24-15-5-2-6-16-24)25-17-8-7-11-21(25)19-26-20-22-12-9-10-18-27-22/h7-12,17-18,23-24,26H,1-6,13-16,19-20H2. The van der Waals surface area contributed by atoms with Gasteiger partial charge in [0.2, 0.25) is 0 Å². The highest BCUT2D eigenvalue weighted by atomic mass is 31.1. The quantitative estimate of drug-likeness (QED) is 0.570. The molecular weight excluding hydrogens is 359 g/mol. The summed E-state index contributed by atoms with van der Waals surface area (Å²) in [5.74, 6) is 0. The number of rotatable bonds is 7. The second kappa shape index (κ2) is 10.5. The lowest BCUT2D eigenvalue weighted by Gasteiger charge is -2.39. The van der Waals surface area contributed by atoms with Crippen LogP contribution in [0.1, 0.15) is 75.5 Å². The van der Waals surface area contributed by atoms with Crippen molar-refractivity contribution >= 4 is 13.2 Å². The zero-order chi connectivity index (χ0) is 19.0. The Bertz CT molecular complexity index is 687. The number of hydrogen-bond acceptors (Lipinski definition) is 2. The van der Waals surface area contributed by atoms with E-state index in [4.69, 9.17) is 0 Å². The van der Waals surface area contributed by atoms with Crippen molar-refractivity contribution in [3.05, 3.63) is 59.9 Å². The minimum atomic E-state index is -0.0393. The Kier molecular flexibility index (Phi) is 7.53. The molecule has 0 amide bonds. The van der Waals surface area contributed by atoms with Crippen LogP contribution in [0.4, 0.5) is 0 Å². The minimum Gasteiger partial charge on any atom is -0.307 e. The smallest absolute Gasteiger partial charge is 0.0541 e. The molecule has 3 heteroatoms. The maximum absolute atomic E-state index is 4.46. The Balaban J connectivity index is 1.51. The molecule has 0 aliphatic heterocycles. The van der Waals surface area contributed by atoms with Crippen molar-refractivity contribution < 1.29 is 0 Å². The third kappa shape index (κ3) is 5.22. The van der Waals surface area contributed by atoms with E-state index in [9.17, 15) is 0 Å². The fraction of sp³-hybridized carbons (Fsp3) is 0.560. The van der Waals surface area contributed by atoms with Crippen molar-refractivity contribution in [3.8, 4) is 0 Å². The third-order valence-electron chi connectivity index (χ3n) is 6.55. The summed E-state index contributed by atoms with van der Waals surface area (Å²) in [6.45, 7) is 1.81.